The molecule has 0 spiro atoms. The Morgan fingerprint density at radius 3 is 2.78 bits per heavy atom. The Morgan fingerprint density at radius 2 is 2.17 bits per heavy atom. The molecule has 1 atom stereocenters. The van der Waals surface area contributed by atoms with Crippen molar-refractivity contribution in [3.63, 3.8) is 0 Å². The second kappa shape index (κ2) is 5.90. The molecule has 5 nitrogen and oxygen atoms in total. The molecule has 0 aliphatic rings. The summed E-state index contributed by atoms with van der Waals surface area (Å²) in [6, 6.07) is 9.69. The minimum Gasteiger partial charge on any atom is -0.375 e. The summed E-state index contributed by atoms with van der Waals surface area (Å²) >= 11 is 5.03. The van der Waals surface area contributed by atoms with E-state index in [0.717, 1.165) is 5.56 Å². The van der Waals surface area contributed by atoms with Crippen LogP contribution in [0.4, 0.5) is 0 Å². The third-order valence-corrected chi connectivity index (χ3v) is 3.02. The number of nitrogens with two attached hydrogens (primary N) is 1. The van der Waals surface area contributed by atoms with Crippen molar-refractivity contribution in [2.24, 2.45) is 12.8 Å². The van der Waals surface area contributed by atoms with E-state index < -0.39 is 0 Å². The van der Waals surface area contributed by atoms with Crippen LogP contribution in [0.15, 0.2) is 30.3 Å². The van der Waals surface area contributed by atoms with Gasteiger partial charge in [-0.05, 0) is 17.8 Å². The molecule has 3 N–H and O–H groups in total. The third-order valence-electron chi connectivity index (χ3n) is 2.65. The lowest BCUT2D eigenvalue weighted by Crippen LogP contribution is -2.21. The zero-order valence-corrected chi connectivity index (χ0v) is 11.0. The maximum Gasteiger partial charge on any atom is 0.194 e. The summed E-state index contributed by atoms with van der Waals surface area (Å²) < 4.78 is 7.89. The topological polar surface area (TPSA) is 68.9 Å². The molecule has 1 aromatic heterocycles. The van der Waals surface area contributed by atoms with Crippen LogP contribution in [0.25, 0.3) is 0 Å². The fourth-order valence-electron chi connectivity index (χ4n) is 1.64. The Hall–Kier alpha value is -1.50. The Kier molecular flexibility index (Phi) is 4.24. The number of aromatic amines is 1. The SMILES string of the molecule is Cn1c([C@H](N)COCc2ccccc2)n[nH]c1=S. The molecule has 0 bridgehead atoms. The van der Waals surface area contributed by atoms with E-state index in [-0.39, 0.29) is 6.04 Å². The number of nitrogens with one attached hydrogen (secondary N) is 1. The highest BCUT2D eigenvalue weighted by Crippen LogP contribution is 2.08. The number of benzene rings is 1. The quantitative estimate of drug-likeness (QED) is 0.806. The average molecular weight is 264 g/mol. The van der Waals surface area contributed by atoms with Gasteiger partial charge in [-0.2, -0.15) is 5.10 Å². The number of hydrogen-bond acceptors (Lipinski definition) is 4. The van der Waals surface area contributed by atoms with Gasteiger partial charge in [0.2, 0.25) is 0 Å². The Bertz CT molecular complexity index is 549. The smallest absolute Gasteiger partial charge is 0.194 e. The Morgan fingerprint density at radius 1 is 1.44 bits per heavy atom. The number of ether oxygens (including phenoxy) is 1. The highest BCUT2D eigenvalue weighted by molar-refractivity contribution is 7.71. The van der Waals surface area contributed by atoms with Crippen LogP contribution in [0.5, 0.6) is 0 Å². The van der Waals surface area contributed by atoms with E-state index >= 15 is 0 Å². The van der Waals surface area contributed by atoms with Crippen LogP contribution in [0.3, 0.4) is 0 Å². The van der Waals surface area contributed by atoms with Crippen molar-refractivity contribution < 1.29 is 4.74 Å². The van der Waals surface area contributed by atoms with Crippen molar-refractivity contribution in [1.82, 2.24) is 14.8 Å². The Balaban J connectivity index is 1.87. The third kappa shape index (κ3) is 3.04. The highest BCUT2D eigenvalue weighted by atomic mass is 32.1. The van der Waals surface area contributed by atoms with Gasteiger partial charge >= 0.3 is 0 Å². The van der Waals surface area contributed by atoms with Crippen LogP contribution < -0.4 is 5.73 Å². The van der Waals surface area contributed by atoms with Crippen molar-refractivity contribution in [2.75, 3.05) is 6.61 Å². The lowest BCUT2D eigenvalue weighted by atomic mass is 10.2. The summed E-state index contributed by atoms with van der Waals surface area (Å²) in [5.41, 5.74) is 7.12. The van der Waals surface area contributed by atoms with Crippen LogP contribution in [0.1, 0.15) is 17.4 Å². The average Bonchev–Trinajstić information content (AvgIpc) is 2.71. The predicted octanol–water partition coefficient (Wildman–Crippen LogP) is 1.69. The van der Waals surface area contributed by atoms with Crippen molar-refractivity contribution >= 4 is 12.2 Å². The number of aromatic nitrogens is 3. The first-order chi connectivity index (χ1) is 8.68. The molecular formula is C12H16N4OS. The van der Waals surface area contributed by atoms with Crippen LogP contribution in [-0.2, 0) is 18.4 Å². The van der Waals surface area contributed by atoms with E-state index in [4.69, 9.17) is 22.7 Å². The summed E-state index contributed by atoms with van der Waals surface area (Å²) in [5, 5.41) is 6.79. The maximum absolute atomic E-state index is 6.00. The highest BCUT2D eigenvalue weighted by Gasteiger charge is 2.12. The van der Waals surface area contributed by atoms with Gasteiger partial charge in [-0.1, -0.05) is 30.3 Å². The molecule has 1 aromatic carbocycles. The number of hydrogen-bond donors (Lipinski definition) is 2. The summed E-state index contributed by atoms with van der Waals surface area (Å²) in [4.78, 5) is 0. The standard InChI is InChI=1S/C12H16N4OS/c1-16-11(14-15-12(16)18)10(13)8-17-7-9-5-3-2-4-6-9/h2-6,10H,7-8,13H2,1H3,(H,15,18)/t10-/m1/s1. The first-order valence-electron chi connectivity index (χ1n) is 5.67. The molecule has 0 fully saturated rings. The predicted molar refractivity (Wildman–Crippen MR) is 71.4 cm³/mol. The van der Waals surface area contributed by atoms with Crippen LogP contribution in [-0.4, -0.2) is 21.4 Å². The van der Waals surface area contributed by atoms with Crippen LogP contribution >= 0.6 is 12.2 Å². The molecule has 96 valence electrons. The van der Waals surface area contributed by atoms with Gasteiger partial charge in [0.1, 0.15) is 0 Å². The van der Waals surface area contributed by atoms with Gasteiger partial charge < -0.3 is 15.0 Å². The molecule has 2 rings (SSSR count). The summed E-state index contributed by atoms with van der Waals surface area (Å²) in [7, 11) is 1.83. The zero-order valence-electron chi connectivity index (χ0n) is 10.2. The molecule has 0 unspecified atom stereocenters. The largest absolute Gasteiger partial charge is 0.375 e. The van der Waals surface area contributed by atoms with Gasteiger partial charge in [0.05, 0.1) is 19.3 Å². The van der Waals surface area contributed by atoms with Gasteiger partial charge in [-0.25, -0.2) is 0 Å². The lowest BCUT2D eigenvalue weighted by Gasteiger charge is -2.11. The minimum absolute atomic E-state index is 0.285. The molecule has 0 saturated heterocycles. The molecule has 0 amide bonds. The van der Waals surface area contributed by atoms with Crippen LogP contribution in [0.2, 0.25) is 0 Å². The molecule has 6 heteroatoms. The van der Waals surface area contributed by atoms with Crippen molar-refractivity contribution in [1.29, 1.82) is 0 Å². The molecule has 18 heavy (non-hydrogen) atoms. The Labute approximate surface area is 111 Å². The fraction of sp³-hybridized carbons (Fsp3) is 0.333. The molecular weight excluding hydrogens is 248 g/mol. The fourth-order valence-corrected chi connectivity index (χ4v) is 1.78. The number of rotatable bonds is 5. The lowest BCUT2D eigenvalue weighted by molar-refractivity contribution is 0.105. The minimum atomic E-state index is -0.285. The second-order valence-corrected chi connectivity index (χ2v) is 4.44. The van der Waals surface area contributed by atoms with Crippen molar-refractivity contribution in [2.45, 2.75) is 12.6 Å². The zero-order chi connectivity index (χ0) is 13.0. The first kappa shape index (κ1) is 12.9. The van der Waals surface area contributed by atoms with E-state index in [1.807, 2.05) is 37.4 Å². The molecule has 0 aliphatic carbocycles. The van der Waals surface area contributed by atoms with E-state index in [2.05, 4.69) is 10.2 Å². The first-order valence-corrected chi connectivity index (χ1v) is 6.08. The monoisotopic (exact) mass is 264 g/mol. The van der Waals surface area contributed by atoms with Gasteiger partial charge in [-0.3, -0.25) is 5.10 Å². The summed E-state index contributed by atoms with van der Waals surface area (Å²) in [5.74, 6) is 0.702. The van der Waals surface area contributed by atoms with E-state index in [0.29, 0.717) is 23.8 Å². The normalized spacial score (nSPS) is 12.6. The molecule has 1 heterocycles. The van der Waals surface area contributed by atoms with Gasteiger partial charge in [-0.15, -0.1) is 0 Å². The van der Waals surface area contributed by atoms with Crippen LogP contribution in [0, 0.1) is 4.77 Å². The second-order valence-electron chi connectivity index (χ2n) is 4.05. The van der Waals surface area contributed by atoms with Gasteiger partial charge in [0, 0.05) is 7.05 Å². The number of H-pyrrole nitrogens is 1. The van der Waals surface area contributed by atoms with Crippen molar-refractivity contribution in [3.05, 3.63) is 46.5 Å². The van der Waals surface area contributed by atoms with Gasteiger partial charge in [0.15, 0.2) is 10.6 Å². The maximum atomic E-state index is 6.00. The molecule has 0 radical (unpaired) electrons. The van der Waals surface area contributed by atoms with Crippen molar-refractivity contribution in [3.8, 4) is 0 Å². The summed E-state index contributed by atoms with van der Waals surface area (Å²) in [6.07, 6.45) is 0. The summed E-state index contributed by atoms with van der Waals surface area (Å²) in [6.45, 7) is 0.950. The van der Waals surface area contributed by atoms with Gasteiger partial charge in [0.25, 0.3) is 0 Å². The van der Waals surface area contributed by atoms with E-state index in [1.54, 1.807) is 4.57 Å². The molecule has 0 saturated carbocycles. The van der Waals surface area contributed by atoms with E-state index in [1.165, 1.54) is 0 Å². The number of nitrogens with zero attached hydrogens (tertiary/aromatic N) is 2. The molecule has 0 aliphatic heterocycles. The van der Waals surface area contributed by atoms with E-state index in [9.17, 15) is 0 Å². The molecule has 2 aromatic rings.